The molecule has 0 bridgehead atoms. The van der Waals surface area contributed by atoms with Gasteiger partial charge in [-0.05, 0) is 31.5 Å². The molecule has 1 N–H and O–H groups in total. The number of rotatable bonds is 1. The average Bonchev–Trinajstić information content (AvgIpc) is 2.69. The van der Waals surface area contributed by atoms with Crippen LogP contribution in [0.1, 0.15) is 24.8 Å². The lowest BCUT2D eigenvalue weighted by Gasteiger charge is -2.19. The standard InChI is InChI=1S/C14H16N2S/c1-14(2)9-17-13(16-14)11-7-8-15-12-6-4-3-5-10(11)12/h3-8,13,16H,9H2,1-2H3. The Hall–Kier alpha value is -1.06. The van der Waals surface area contributed by atoms with E-state index in [-0.39, 0.29) is 5.54 Å². The lowest BCUT2D eigenvalue weighted by atomic mass is 10.1. The monoisotopic (exact) mass is 244 g/mol. The van der Waals surface area contributed by atoms with Gasteiger partial charge < -0.3 is 0 Å². The molecular formula is C14H16N2S. The highest BCUT2D eigenvalue weighted by Crippen LogP contribution is 2.39. The van der Waals surface area contributed by atoms with E-state index in [1.165, 1.54) is 10.9 Å². The molecule has 2 nitrogen and oxygen atoms in total. The Bertz CT molecular complexity index is 545. The molecule has 1 atom stereocenters. The maximum atomic E-state index is 4.41. The van der Waals surface area contributed by atoms with Gasteiger partial charge in [0.2, 0.25) is 0 Å². The fraction of sp³-hybridized carbons (Fsp3) is 0.357. The minimum absolute atomic E-state index is 0.222. The Morgan fingerprint density at radius 1 is 1.29 bits per heavy atom. The van der Waals surface area contributed by atoms with Crippen molar-refractivity contribution in [3.8, 4) is 0 Å². The molecule has 0 aliphatic carbocycles. The van der Waals surface area contributed by atoms with Gasteiger partial charge >= 0.3 is 0 Å². The first-order valence-electron chi connectivity index (χ1n) is 5.89. The zero-order chi connectivity index (χ0) is 11.9. The number of fused-ring (bicyclic) bond motifs is 1. The first-order chi connectivity index (χ1) is 8.16. The second kappa shape index (κ2) is 4.00. The van der Waals surface area contributed by atoms with Gasteiger partial charge in [0.15, 0.2) is 0 Å². The van der Waals surface area contributed by atoms with E-state index < -0.39 is 0 Å². The summed E-state index contributed by atoms with van der Waals surface area (Å²) < 4.78 is 0. The zero-order valence-electron chi connectivity index (χ0n) is 10.1. The van der Waals surface area contributed by atoms with Crippen LogP contribution in [0.25, 0.3) is 10.9 Å². The molecule has 2 aromatic rings. The van der Waals surface area contributed by atoms with E-state index in [9.17, 15) is 0 Å². The average molecular weight is 244 g/mol. The van der Waals surface area contributed by atoms with Gasteiger partial charge in [-0.2, -0.15) is 0 Å². The number of hydrogen-bond acceptors (Lipinski definition) is 3. The van der Waals surface area contributed by atoms with Crippen LogP contribution in [0.2, 0.25) is 0 Å². The molecule has 17 heavy (non-hydrogen) atoms. The number of aromatic nitrogens is 1. The van der Waals surface area contributed by atoms with E-state index in [4.69, 9.17) is 0 Å². The van der Waals surface area contributed by atoms with Gasteiger partial charge in [-0.15, -0.1) is 11.8 Å². The number of nitrogens with one attached hydrogen (secondary N) is 1. The number of nitrogens with zero attached hydrogens (tertiary/aromatic N) is 1. The van der Waals surface area contributed by atoms with Crippen molar-refractivity contribution in [3.05, 3.63) is 42.1 Å². The SMILES string of the molecule is CC1(C)CSC(c2ccnc3ccccc23)N1. The molecule has 1 fully saturated rings. The van der Waals surface area contributed by atoms with Gasteiger partial charge in [0, 0.05) is 22.9 Å². The topological polar surface area (TPSA) is 24.9 Å². The van der Waals surface area contributed by atoms with Crippen LogP contribution in [0.4, 0.5) is 0 Å². The van der Waals surface area contributed by atoms with Crippen LogP contribution in [-0.2, 0) is 0 Å². The van der Waals surface area contributed by atoms with Crippen molar-refractivity contribution in [3.63, 3.8) is 0 Å². The van der Waals surface area contributed by atoms with Gasteiger partial charge in [0.05, 0.1) is 10.9 Å². The minimum atomic E-state index is 0.222. The van der Waals surface area contributed by atoms with E-state index >= 15 is 0 Å². The third kappa shape index (κ3) is 2.05. The Morgan fingerprint density at radius 3 is 2.88 bits per heavy atom. The minimum Gasteiger partial charge on any atom is -0.296 e. The highest BCUT2D eigenvalue weighted by atomic mass is 32.2. The smallest absolute Gasteiger partial charge is 0.0801 e. The first-order valence-corrected chi connectivity index (χ1v) is 6.94. The van der Waals surface area contributed by atoms with Crippen LogP contribution in [0.15, 0.2) is 36.5 Å². The third-order valence-electron chi connectivity index (χ3n) is 3.10. The predicted molar refractivity (Wildman–Crippen MR) is 74.2 cm³/mol. The van der Waals surface area contributed by atoms with Crippen molar-refractivity contribution in [2.24, 2.45) is 0 Å². The summed E-state index contributed by atoms with van der Waals surface area (Å²) in [6, 6.07) is 10.5. The second-order valence-corrected chi connectivity index (χ2v) is 6.23. The molecular weight excluding hydrogens is 228 g/mol. The molecule has 2 heterocycles. The van der Waals surface area contributed by atoms with Crippen LogP contribution in [0.3, 0.4) is 0 Å². The largest absolute Gasteiger partial charge is 0.296 e. The number of para-hydroxylation sites is 1. The van der Waals surface area contributed by atoms with Crippen molar-refractivity contribution in [1.82, 2.24) is 10.3 Å². The Kier molecular flexibility index (Phi) is 2.60. The summed E-state index contributed by atoms with van der Waals surface area (Å²) in [4.78, 5) is 4.41. The molecule has 1 aliphatic heterocycles. The number of pyridine rings is 1. The molecule has 0 spiro atoms. The maximum Gasteiger partial charge on any atom is 0.0801 e. The van der Waals surface area contributed by atoms with E-state index in [1.54, 1.807) is 0 Å². The molecule has 1 aromatic carbocycles. The van der Waals surface area contributed by atoms with Gasteiger partial charge in [0.25, 0.3) is 0 Å². The Labute approximate surface area is 106 Å². The third-order valence-corrected chi connectivity index (χ3v) is 4.69. The first kappa shape index (κ1) is 11.1. The fourth-order valence-corrected chi connectivity index (χ4v) is 3.70. The normalized spacial score (nSPS) is 23.1. The van der Waals surface area contributed by atoms with Crippen LogP contribution >= 0.6 is 11.8 Å². The summed E-state index contributed by atoms with van der Waals surface area (Å²) in [5, 5.41) is 5.32. The molecule has 1 aromatic heterocycles. The van der Waals surface area contributed by atoms with Crippen molar-refractivity contribution in [1.29, 1.82) is 0 Å². The summed E-state index contributed by atoms with van der Waals surface area (Å²) in [6.07, 6.45) is 1.91. The molecule has 1 aliphatic rings. The zero-order valence-corrected chi connectivity index (χ0v) is 10.9. The van der Waals surface area contributed by atoms with Crippen LogP contribution in [-0.4, -0.2) is 16.3 Å². The van der Waals surface area contributed by atoms with E-state index in [0.717, 1.165) is 11.3 Å². The number of benzene rings is 1. The Morgan fingerprint density at radius 2 is 2.12 bits per heavy atom. The fourth-order valence-electron chi connectivity index (χ4n) is 2.24. The summed E-state index contributed by atoms with van der Waals surface area (Å²) in [7, 11) is 0. The van der Waals surface area contributed by atoms with Crippen LogP contribution in [0.5, 0.6) is 0 Å². The molecule has 0 saturated carbocycles. The summed E-state index contributed by atoms with van der Waals surface area (Å²) >= 11 is 1.98. The number of hydrogen-bond donors (Lipinski definition) is 1. The second-order valence-electron chi connectivity index (χ2n) is 5.14. The molecule has 3 rings (SSSR count). The van der Waals surface area contributed by atoms with Crippen molar-refractivity contribution in [2.45, 2.75) is 24.8 Å². The number of thioether (sulfide) groups is 1. The van der Waals surface area contributed by atoms with E-state index in [1.807, 2.05) is 24.0 Å². The predicted octanol–water partition coefficient (Wildman–Crippen LogP) is 3.35. The summed E-state index contributed by atoms with van der Waals surface area (Å²) in [5.41, 5.74) is 2.66. The summed E-state index contributed by atoms with van der Waals surface area (Å²) in [5.74, 6) is 1.15. The van der Waals surface area contributed by atoms with Gasteiger partial charge in [0.1, 0.15) is 0 Å². The van der Waals surface area contributed by atoms with Crippen LogP contribution < -0.4 is 5.32 Å². The lowest BCUT2D eigenvalue weighted by molar-refractivity contribution is 0.453. The van der Waals surface area contributed by atoms with E-state index in [2.05, 4.69) is 48.4 Å². The highest BCUT2D eigenvalue weighted by molar-refractivity contribution is 7.99. The van der Waals surface area contributed by atoms with Gasteiger partial charge in [-0.1, -0.05) is 18.2 Å². The molecule has 1 unspecified atom stereocenters. The summed E-state index contributed by atoms with van der Waals surface area (Å²) in [6.45, 7) is 4.51. The Balaban J connectivity index is 2.06. The molecule has 1 saturated heterocycles. The maximum absolute atomic E-state index is 4.41. The van der Waals surface area contributed by atoms with Gasteiger partial charge in [-0.3, -0.25) is 10.3 Å². The molecule has 0 amide bonds. The van der Waals surface area contributed by atoms with Gasteiger partial charge in [-0.25, -0.2) is 0 Å². The lowest BCUT2D eigenvalue weighted by Crippen LogP contribution is -2.35. The highest BCUT2D eigenvalue weighted by Gasteiger charge is 2.32. The quantitative estimate of drug-likeness (QED) is 0.832. The van der Waals surface area contributed by atoms with Crippen molar-refractivity contribution < 1.29 is 0 Å². The molecule has 3 heteroatoms. The molecule has 88 valence electrons. The van der Waals surface area contributed by atoms with Crippen molar-refractivity contribution in [2.75, 3.05) is 5.75 Å². The van der Waals surface area contributed by atoms with Crippen molar-refractivity contribution >= 4 is 22.7 Å². The molecule has 0 radical (unpaired) electrons. The van der Waals surface area contributed by atoms with E-state index in [0.29, 0.717) is 5.37 Å². The van der Waals surface area contributed by atoms with Crippen LogP contribution in [0, 0.1) is 0 Å².